The van der Waals surface area contributed by atoms with Crippen LogP contribution in [-0.2, 0) is 22.6 Å². The minimum Gasteiger partial charge on any atom is -0.461 e. The minimum atomic E-state index is -0.420. The highest BCUT2D eigenvalue weighted by Gasteiger charge is 2.17. The molecule has 1 aromatic carbocycles. The molecule has 9 heteroatoms. The molecule has 0 saturated carbocycles. The number of aryl methyl sites for hydroxylation is 1. The van der Waals surface area contributed by atoms with Crippen LogP contribution in [0, 0.1) is 0 Å². The Morgan fingerprint density at radius 1 is 1.14 bits per heavy atom. The number of rotatable bonds is 11. The molecule has 0 aliphatic heterocycles. The molecular weight excluding hydrogens is 390 g/mol. The zero-order valence-corrected chi connectivity index (χ0v) is 16.7. The summed E-state index contributed by atoms with van der Waals surface area (Å²) in [7, 11) is 0. The van der Waals surface area contributed by atoms with Crippen molar-refractivity contribution >= 4 is 23.6 Å². The van der Waals surface area contributed by atoms with Crippen molar-refractivity contribution < 1.29 is 14.0 Å². The average Bonchev–Trinajstić information content (AvgIpc) is 3.38. The SMILES string of the molecule is NC(=O)CCn1c(SCC(=O)NCCCc2ccccc2)nnc1-c1ccco1. The molecule has 0 radical (unpaired) electrons. The van der Waals surface area contributed by atoms with Gasteiger partial charge in [0.15, 0.2) is 16.7 Å². The summed E-state index contributed by atoms with van der Waals surface area (Å²) in [6.45, 7) is 0.930. The minimum absolute atomic E-state index is 0.0768. The number of furan rings is 1. The Bertz CT molecular complexity index is 925. The normalized spacial score (nSPS) is 10.8. The number of primary amides is 1. The number of hydrogen-bond donors (Lipinski definition) is 2. The summed E-state index contributed by atoms with van der Waals surface area (Å²) in [5.74, 6) is 0.752. The first-order valence-corrected chi connectivity index (χ1v) is 10.3. The third-order valence-electron chi connectivity index (χ3n) is 4.18. The number of carbonyl (C=O) groups excluding carboxylic acids is 2. The van der Waals surface area contributed by atoms with Gasteiger partial charge < -0.3 is 15.5 Å². The molecule has 3 aromatic rings. The second-order valence-corrected chi connectivity index (χ2v) is 7.32. The molecule has 0 aliphatic rings. The fourth-order valence-electron chi connectivity index (χ4n) is 2.75. The second-order valence-electron chi connectivity index (χ2n) is 6.38. The Labute approximate surface area is 172 Å². The van der Waals surface area contributed by atoms with Gasteiger partial charge in [0.1, 0.15) is 0 Å². The first-order valence-electron chi connectivity index (χ1n) is 9.32. The van der Waals surface area contributed by atoms with Crippen molar-refractivity contribution in [2.75, 3.05) is 12.3 Å². The summed E-state index contributed by atoms with van der Waals surface area (Å²) in [5, 5.41) is 11.7. The maximum atomic E-state index is 12.2. The number of amides is 2. The van der Waals surface area contributed by atoms with Crippen LogP contribution in [0.3, 0.4) is 0 Å². The van der Waals surface area contributed by atoms with E-state index in [0.29, 0.717) is 29.8 Å². The van der Waals surface area contributed by atoms with Crippen LogP contribution in [0.2, 0.25) is 0 Å². The van der Waals surface area contributed by atoms with E-state index in [1.54, 1.807) is 16.7 Å². The summed E-state index contributed by atoms with van der Waals surface area (Å²) >= 11 is 1.26. The predicted molar refractivity (Wildman–Crippen MR) is 110 cm³/mol. The Kier molecular flexibility index (Phi) is 7.46. The number of benzene rings is 1. The van der Waals surface area contributed by atoms with Crippen LogP contribution in [0.25, 0.3) is 11.6 Å². The molecule has 0 atom stereocenters. The van der Waals surface area contributed by atoms with Crippen LogP contribution < -0.4 is 11.1 Å². The number of nitrogens with two attached hydrogens (primary N) is 1. The molecule has 0 aliphatic carbocycles. The van der Waals surface area contributed by atoms with Crippen molar-refractivity contribution in [3.05, 3.63) is 54.3 Å². The zero-order chi connectivity index (χ0) is 20.5. The van der Waals surface area contributed by atoms with Crippen LogP contribution in [0.15, 0.2) is 58.3 Å². The fraction of sp³-hybridized carbons (Fsp3) is 0.300. The monoisotopic (exact) mass is 413 g/mol. The van der Waals surface area contributed by atoms with Gasteiger partial charge in [0.25, 0.3) is 0 Å². The van der Waals surface area contributed by atoms with Crippen LogP contribution in [0.5, 0.6) is 0 Å². The molecule has 0 fully saturated rings. The quantitative estimate of drug-likeness (QED) is 0.368. The van der Waals surface area contributed by atoms with Crippen molar-refractivity contribution in [3.8, 4) is 11.6 Å². The largest absolute Gasteiger partial charge is 0.461 e. The van der Waals surface area contributed by atoms with Crippen molar-refractivity contribution in [2.24, 2.45) is 5.73 Å². The first-order chi connectivity index (χ1) is 14.1. The molecule has 2 heterocycles. The van der Waals surface area contributed by atoms with Crippen LogP contribution in [-0.4, -0.2) is 38.9 Å². The molecule has 0 spiro atoms. The number of hydrogen-bond acceptors (Lipinski definition) is 6. The van der Waals surface area contributed by atoms with Crippen LogP contribution in [0.4, 0.5) is 0 Å². The highest BCUT2D eigenvalue weighted by atomic mass is 32.2. The topological polar surface area (TPSA) is 116 Å². The third kappa shape index (κ3) is 6.21. The van der Waals surface area contributed by atoms with Gasteiger partial charge in [-0.05, 0) is 30.5 Å². The molecule has 3 rings (SSSR count). The molecule has 0 unspecified atom stereocenters. The van der Waals surface area contributed by atoms with E-state index < -0.39 is 5.91 Å². The Morgan fingerprint density at radius 3 is 2.69 bits per heavy atom. The van der Waals surface area contributed by atoms with Crippen molar-refractivity contribution in [2.45, 2.75) is 31.0 Å². The van der Waals surface area contributed by atoms with Gasteiger partial charge in [-0.1, -0.05) is 42.1 Å². The lowest BCUT2D eigenvalue weighted by atomic mass is 10.1. The summed E-state index contributed by atoms with van der Waals surface area (Å²) in [5.41, 5.74) is 6.53. The molecule has 0 saturated heterocycles. The van der Waals surface area contributed by atoms with Gasteiger partial charge >= 0.3 is 0 Å². The zero-order valence-electron chi connectivity index (χ0n) is 15.9. The lowest BCUT2D eigenvalue weighted by Gasteiger charge is -2.08. The maximum Gasteiger partial charge on any atom is 0.230 e. The van der Waals surface area contributed by atoms with E-state index in [4.69, 9.17) is 10.2 Å². The molecule has 152 valence electrons. The third-order valence-corrected chi connectivity index (χ3v) is 5.15. The molecule has 2 aromatic heterocycles. The van der Waals surface area contributed by atoms with Gasteiger partial charge in [-0.3, -0.25) is 14.2 Å². The van der Waals surface area contributed by atoms with Crippen molar-refractivity contribution in [3.63, 3.8) is 0 Å². The summed E-state index contributed by atoms with van der Waals surface area (Å²) in [4.78, 5) is 23.4. The number of thioether (sulfide) groups is 1. The highest BCUT2D eigenvalue weighted by molar-refractivity contribution is 7.99. The second kappa shape index (κ2) is 10.5. The maximum absolute atomic E-state index is 12.2. The van der Waals surface area contributed by atoms with Crippen LogP contribution >= 0.6 is 11.8 Å². The molecule has 0 bridgehead atoms. The van der Waals surface area contributed by atoms with E-state index in [2.05, 4.69) is 27.6 Å². The molecule has 29 heavy (non-hydrogen) atoms. The highest BCUT2D eigenvalue weighted by Crippen LogP contribution is 2.24. The standard InChI is InChI=1S/C20H23N5O3S/c21-17(26)10-12-25-19(16-9-5-13-28-16)23-24-20(25)29-14-18(27)22-11-4-8-15-6-2-1-3-7-15/h1-3,5-7,9,13H,4,8,10-12,14H2,(H2,21,26)(H,22,27). The molecular formula is C20H23N5O3S. The van der Waals surface area contributed by atoms with Crippen molar-refractivity contribution in [1.29, 1.82) is 0 Å². The van der Waals surface area contributed by atoms with E-state index in [-0.39, 0.29) is 18.1 Å². The Balaban J connectivity index is 1.51. The van der Waals surface area contributed by atoms with Gasteiger partial charge in [-0.2, -0.15) is 0 Å². The summed E-state index contributed by atoms with van der Waals surface area (Å²) in [6.07, 6.45) is 3.48. The van der Waals surface area contributed by atoms with Crippen molar-refractivity contribution in [1.82, 2.24) is 20.1 Å². The molecule has 3 N–H and O–H groups in total. The van der Waals surface area contributed by atoms with E-state index in [9.17, 15) is 9.59 Å². The average molecular weight is 414 g/mol. The van der Waals surface area contributed by atoms with E-state index in [1.807, 2.05) is 18.2 Å². The number of nitrogens with one attached hydrogen (secondary N) is 1. The predicted octanol–water partition coefficient (Wildman–Crippen LogP) is 2.25. The van der Waals surface area contributed by atoms with Gasteiger partial charge in [0.05, 0.1) is 12.0 Å². The smallest absolute Gasteiger partial charge is 0.230 e. The number of aromatic nitrogens is 3. The van der Waals surface area contributed by atoms with E-state index in [1.165, 1.54) is 23.6 Å². The van der Waals surface area contributed by atoms with Gasteiger partial charge in [-0.25, -0.2) is 0 Å². The van der Waals surface area contributed by atoms with E-state index >= 15 is 0 Å². The molecule has 8 nitrogen and oxygen atoms in total. The van der Waals surface area contributed by atoms with Crippen LogP contribution in [0.1, 0.15) is 18.4 Å². The fourth-order valence-corrected chi connectivity index (χ4v) is 3.55. The number of nitrogens with zero attached hydrogens (tertiary/aromatic N) is 3. The lowest BCUT2D eigenvalue weighted by Crippen LogP contribution is -2.26. The first kappa shape index (κ1) is 20.7. The summed E-state index contributed by atoms with van der Waals surface area (Å²) < 4.78 is 7.13. The summed E-state index contributed by atoms with van der Waals surface area (Å²) in [6, 6.07) is 13.7. The number of carbonyl (C=O) groups is 2. The van der Waals surface area contributed by atoms with E-state index in [0.717, 1.165) is 12.8 Å². The molecule has 2 amide bonds. The Hall–Kier alpha value is -3.07. The lowest BCUT2D eigenvalue weighted by molar-refractivity contribution is -0.119. The van der Waals surface area contributed by atoms with Gasteiger partial charge in [-0.15, -0.1) is 10.2 Å². The van der Waals surface area contributed by atoms with Gasteiger partial charge in [0.2, 0.25) is 11.8 Å². The van der Waals surface area contributed by atoms with Gasteiger partial charge in [0, 0.05) is 19.5 Å². The Morgan fingerprint density at radius 2 is 1.97 bits per heavy atom.